The van der Waals surface area contributed by atoms with Crippen LogP contribution in [0.1, 0.15) is 34.3 Å². The highest BCUT2D eigenvalue weighted by atomic mass is 35.5. The molecular weight excluding hydrogens is 402 g/mol. The van der Waals surface area contributed by atoms with E-state index in [4.69, 9.17) is 16.0 Å². The van der Waals surface area contributed by atoms with Gasteiger partial charge in [-0.1, -0.05) is 29.8 Å². The molecule has 0 aliphatic carbocycles. The second-order valence-corrected chi connectivity index (χ2v) is 7.83. The maximum absolute atomic E-state index is 13.0. The van der Waals surface area contributed by atoms with Crippen LogP contribution in [-0.4, -0.2) is 16.8 Å². The van der Waals surface area contributed by atoms with Crippen LogP contribution in [0.15, 0.2) is 64.6 Å². The van der Waals surface area contributed by atoms with Crippen LogP contribution in [0.25, 0.3) is 5.76 Å². The molecule has 0 bridgehead atoms. The number of aliphatic hydroxyl groups excluding tert-OH is 1. The van der Waals surface area contributed by atoms with Gasteiger partial charge in [-0.25, -0.2) is 0 Å². The summed E-state index contributed by atoms with van der Waals surface area (Å²) >= 11 is 6.12. The Balaban J connectivity index is 1.95. The van der Waals surface area contributed by atoms with Crippen molar-refractivity contribution in [3.05, 3.63) is 93.4 Å². The highest BCUT2D eigenvalue weighted by Crippen LogP contribution is 2.43. The molecule has 1 aliphatic rings. The summed E-state index contributed by atoms with van der Waals surface area (Å²) in [6.45, 7) is 5.66. The van der Waals surface area contributed by atoms with E-state index in [1.165, 1.54) is 4.90 Å². The fraction of sp³-hybridized carbons (Fsp3) is 0.167. The third-order valence-electron chi connectivity index (χ3n) is 5.34. The maximum atomic E-state index is 13.0. The predicted molar refractivity (Wildman–Crippen MR) is 116 cm³/mol. The summed E-state index contributed by atoms with van der Waals surface area (Å²) in [5.41, 5.74) is 2.92. The third-order valence-corrected chi connectivity index (χ3v) is 5.58. The Morgan fingerprint density at radius 1 is 1.00 bits per heavy atom. The van der Waals surface area contributed by atoms with Gasteiger partial charge in [-0.3, -0.25) is 14.5 Å². The molecule has 1 unspecified atom stereocenters. The Morgan fingerprint density at radius 3 is 2.40 bits per heavy atom. The van der Waals surface area contributed by atoms with E-state index < -0.39 is 17.7 Å². The molecule has 1 amide bonds. The first-order valence-corrected chi connectivity index (χ1v) is 9.86. The Bertz CT molecular complexity index is 1210. The molecule has 0 saturated carbocycles. The first kappa shape index (κ1) is 20.0. The summed E-state index contributed by atoms with van der Waals surface area (Å²) < 4.78 is 5.78. The fourth-order valence-corrected chi connectivity index (χ4v) is 3.82. The molecule has 6 heteroatoms. The number of amides is 1. The number of carbonyl (C=O) groups is 2. The summed E-state index contributed by atoms with van der Waals surface area (Å²) in [7, 11) is 0. The van der Waals surface area contributed by atoms with E-state index in [0.29, 0.717) is 27.8 Å². The molecule has 1 saturated heterocycles. The summed E-state index contributed by atoms with van der Waals surface area (Å²) in [4.78, 5) is 27.4. The van der Waals surface area contributed by atoms with Crippen molar-refractivity contribution in [2.24, 2.45) is 0 Å². The van der Waals surface area contributed by atoms with Crippen LogP contribution in [0.5, 0.6) is 0 Å². The summed E-state index contributed by atoms with van der Waals surface area (Å²) in [5, 5.41) is 11.5. The molecule has 1 N–H and O–H groups in total. The molecule has 3 aromatic rings. The van der Waals surface area contributed by atoms with Gasteiger partial charge in [-0.15, -0.1) is 0 Å². The van der Waals surface area contributed by atoms with Crippen molar-refractivity contribution in [3.8, 4) is 0 Å². The van der Waals surface area contributed by atoms with Gasteiger partial charge in [0.05, 0.1) is 5.57 Å². The van der Waals surface area contributed by atoms with Gasteiger partial charge >= 0.3 is 0 Å². The number of aryl methyl sites for hydroxylation is 3. The lowest BCUT2D eigenvalue weighted by Gasteiger charge is -2.23. The second kappa shape index (κ2) is 7.50. The lowest BCUT2D eigenvalue weighted by Crippen LogP contribution is -2.29. The molecule has 30 heavy (non-hydrogen) atoms. The Kier molecular flexibility index (Phi) is 5.00. The summed E-state index contributed by atoms with van der Waals surface area (Å²) in [6.07, 6.45) is 0. The van der Waals surface area contributed by atoms with Gasteiger partial charge in [0, 0.05) is 16.3 Å². The summed E-state index contributed by atoms with van der Waals surface area (Å²) in [5.74, 6) is -0.739. The first-order chi connectivity index (χ1) is 14.3. The molecule has 1 fully saturated rings. The third kappa shape index (κ3) is 3.31. The average molecular weight is 422 g/mol. The number of ketones is 1. The number of furan rings is 1. The van der Waals surface area contributed by atoms with Crippen molar-refractivity contribution in [3.63, 3.8) is 0 Å². The number of carbonyl (C=O) groups excluding carboxylic acids is 2. The lowest BCUT2D eigenvalue weighted by atomic mass is 9.97. The zero-order valence-corrected chi connectivity index (χ0v) is 17.5. The Hall–Kier alpha value is -3.31. The molecule has 4 rings (SSSR count). The monoisotopic (exact) mass is 421 g/mol. The Labute approximate surface area is 179 Å². The zero-order chi connectivity index (χ0) is 21.6. The van der Waals surface area contributed by atoms with E-state index in [1.54, 1.807) is 55.5 Å². The van der Waals surface area contributed by atoms with E-state index in [-0.39, 0.29) is 11.3 Å². The standard InChI is InChI=1S/C24H20ClNO4/c1-13-7-9-16(11-14(13)2)22(27)20-21(19-10-8-15(3)30-19)26(24(29)23(20)28)18-6-4-5-17(25)12-18/h4-12,21,27H,1-3H3/b22-20-. The van der Waals surface area contributed by atoms with Crippen molar-refractivity contribution in [1.82, 2.24) is 0 Å². The minimum absolute atomic E-state index is 0.0161. The highest BCUT2D eigenvalue weighted by Gasteiger charge is 2.48. The van der Waals surface area contributed by atoms with Crippen molar-refractivity contribution in [1.29, 1.82) is 0 Å². The van der Waals surface area contributed by atoms with Crippen LogP contribution in [0.2, 0.25) is 5.02 Å². The van der Waals surface area contributed by atoms with E-state index in [2.05, 4.69) is 0 Å². The van der Waals surface area contributed by atoms with Gasteiger partial charge in [0.15, 0.2) is 0 Å². The van der Waals surface area contributed by atoms with Crippen molar-refractivity contribution < 1.29 is 19.1 Å². The molecule has 5 nitrogen and oxygen atoms in total. The maximum Gasteiger partial charge on any atom is 0.300 e. The van der Waals surface area contributed by atoms with Crippen LogP contribution < -0.4 is 4.90 Å². The SMILES string of the molecule is Cc1ccc(C2/C(=C(/O)c3ccc(C)c(C)c3)C(=O)C(=O)N2c2cccc(Cl)c2)o1. The molecular formula is C24H20ClNO4. The van der Waals surface area contributed by atoms with Crippen molar-refractivity contribution >= 4 is 34.7 Å². The predicted octanol–water partition coefficient (Wildman–Crippen LogP) is 5.48. The topological polar surface area (TPSA) is 70.8 Å². The number of Topliss-reactive ketones (excluding diaryl/α,β-unsaturated/α-hetero) is 1. The van der Waals surface area contributed by atoms with Gasteiger partial charge in [0.1, 0.15) is 23.3 Å². The number of hydrogen-bond acceptors (Lipinski definition) is 4. The molecule has 1 aliphatic heterocycles. The molecule has 0 radical (unpaired) electrons. The second-order valence-electron chi connectivity index (χ2n) is 7.40. The van der Waals surface area contributed by atoms with E-state index >= 15 is 0 Å². The Morgan fingerprint density at radius 2 is 1.77 bits per heavy atom. The lowest BCUT2D eigenvalue weighted by molar-refractivity contribution is -0.132. The number of nitrogens with zero attached hydrogens (tertiary/aromatic N) is 1. The average Bonchev–Trinajstić information content (AvgIpc) is 3.25. The van der Waals surface area contributed by atoms with Crippen LogP contribution in [0.3, 0.4) is 0 Å². The number of halogens is 1. The number of hydrogen-bond donors (Lipinski definition) is 1. The van der Waals surface area contributed by atoms with Gasteiger partial charge < -0.3 is 9.52 Å². The molecule has 0 spiro atoms. The number of benzene rings is 2. The minimum atomic E-state index is -0.904. The van der Waals surface area contributed by atoms with Gasteiger partial charge in [0.2, 0.25) is 0 Å². The van der Waals surface area contributed by atoms with E-state index in [0.717, 1.165) is 11.1 Å². The largest absolute Gasteiger partial charge is 0.507 e. The van der Waals surface area contributed by atoms with Gasteiger partial charge in [-0.05, 0) is 68.3 Å². The van der Waals surface area contributed by atoms with Crippen LogP contribution >= 0.6 is 11.6 Å². The molecule has 152 valence electrons. The van der Waals surface area contributed by atoms with Crippen LogP contribution in [-0.2, 0) is 9.59 Å². The van der Waals surface area contributed by atoms with E-state index in [1.807, 2.05) is 19.9 Å². The molecule has 1 atom stereocenters. The minimum Gasteiger partial charge on any atom is -0.507 e. The number of anilines is 1. The highest BCUT2D eigenvalue weighted by molar-refractivity contribution is 6.51. The van der Waals surface area contributed by atoms with Gasteiger partial charge in [0.25, 0.3) is 11.7 Å². The number of aliphatic hydroxyl groups is 1. The number of rotatable bonds is 3. The van der Waals surface area contributed by atoms with Gasteiger partial charge in [-0.2, -0.15) is 0 Å². The molecule has 1 aromatic heterocycles. The zero-order valence-electron chi connectivity index (χ0n) is 16.8. The fourth-order valence-electron chi connectivity index (χ4n) is 3.64. The smallest absolute Gasteiger partial charge is 0.300 e. The van der Waals surface area contributed by atoms with Crippen LogP contribution in [0, 0.1) is 20.8 Å². The first-order valence-electron chi connectivity index (χ1n) is 9.48. The summed E-state index contributed by atoms with van der Waals surface area (Å²) in [6, 6.07) is 14.6. The molecule has 2 aromatic carbocycles. The van der Waals surface area contributed by atoms with Crippen LogP contribution in [0.4, 0.5) is 5.69 Å². The quantitative estimate of drug-likeness (QED) is 0.345. The van der Waals surface area contributed by atoms with E-state index in [9.17, 15) is 14.7 Å². The molecule has 2 heterocycles. The van der Waals surface area contributed by atoms with Crippen molar-refractivity contribution in [2.75, 3.05) is 4.90 Å². The normalized spacial score (nSPS) is 18.3. The van der Waals surface area contributed by atoms with Crippen molar-refractivity contribution in [2.45, 2.75) is 26.8 Å².